The maximum absolute atomic E-state index is 12.0. The first-order chi connectivity index (χ1) is 8.70. The van der Waals surface area contributed by atoms with Crippen molar-refractivity contribution in [3.05, 3.63) is 59.7 Å². The molecular weight excluding hydrogens is 224 g/mol. The topological polar surface area (TPSA) is 34.9 Å². The van der Waals surface area contributed by atoms with Crippen LogP contribution in [0.3, 0.4) is 0 Å². The third-order valence-corrected chi connectivity index (χ3v) is 2.67. The molecule has 1 heterocycles. The average Bonchev–Trinajstić information content (AvgIpc) is 2.78. The molecule has 1 aromatic heterocycles. The molecule has 0 bridgehead atoms. The molecule has 0 aliphatic heterocycles. The minimum absolute atomic E-state index is 0.0590. The number of rotatable bonds is 3. The van der Waals surface area contributed by atoms with Gasteiger partial charge in [-0.15, -0.1) is 0 Å². The van der Waals surface area contributed by atoms with Crippen molar-refractivity contribution in [2.45, 2.75) is 20.3 Å². The van der Waals surface area contributed by atoms with Gasteiger partial charge in [-0.3, -0.25) is 9.36 Å². The lowest BCUT2D eigenvalue weighted by Gasteiger charge is -2.00. The Hall–Kier alpha value is -2.16. The maximum atomic E-state index is 12.0. The molecule has 1 aromatic carbocycles. The van der Waals surface area contributed by atoms with E-state index in [2.05, 4.69) is 4.98 Å². The number of hydrogen-bond acceptors (Lipinski definition) is 2. The molecule has 0 aliphatic carbocycles. The lowest BCUT2D eigenvalue weighted by Crippen LogP contribution is -2.09. The number of aromatic nitrogens is 2. The summed E-state index contributed by atoms with van der Waals surface area (Å²) in [6, 6.07) is 9.77. The van der Waals surface area contributed by atoms with Gasteiger partial charge in [-0.1, -0.05) is 37.3 Å². The summed E-state index contributed by atoms with van der Waals surface area (Å²) in [5, 5.41) is 0. The molecule has 0 fully saturated rings. The minimum Gasteiger partial charge on any atom is -0.270 e. The Morgan fingerprint density at radius 3 is 2.72 bits per heavy atom. The largest absolute Gasteiger partial charge is 0.270 e. The van der Waals surface area contributed by atoms with Crippen LogP contribution in [-0.4, -0.2) is 15.5 Å². The quantitative estimate of drug-likeness (QED) is 0.773. The molecular formula is C15H16N2O. The van der Waals surface area contributed by atoms with Gasteiger partial charge < -0.3 is 0 Å². The average molecular weight is 240 g/mol. The second-order valence-electron chi connectivity index (χ2n) is 4.10. The number of carbonyl (C=O) groups is 1. The smallest absolute Gasteiger partial charge is 0.256 e. The third-order valence-electron chi connectivity index (χ3n) is 2.67. The Balaban J connectivity index is 2.19. The van der Waals surface area contributed by atoms with Gasteiger partial charge in [0.25, 0.3) is 5.91 Å². The molecule has 0 amide bonds. The van der Waals surface area contributed by atoms with Crippen LogP contribution in [0.5, 0.6) is 0 Å². The number of carbonyl (C=O) groups excluding carboxylic acids is 1. The van der Waals surface area contributed by atoms with E-state index in [1.165, 1.54) is 0 Å². The highest BCUT2D eigenvalue weighted by Crippen LogP contribution is 2.06. The van der Waals surface area contributed by atoms with E-state index >= 15 is 0 Å². The molecule has 0 unspecified atom stereocenters. The van der Waals surface area contributed by atoms with Crippen molar-refractivity contribution >= 4 is 12.0 Å². The van der Waals surface area contributed by atoms with E-state index in [0.29, 0.717) is 0 Å². The summed E-state index contributed by atoms with van der Waals surface area (Å²) in [5.74, 6) is 0.742. The minimum atomic E-state index is -0.0590. The first-order valence-corrected chi connectivity index (χ1v) is 6.03. The van der Waals surface area contributed by atoms with Crippen LogP contribution in [0.15, 0.2) is 42.6 Å². The third kappa shape index (κ3) is 2.74. The van der Waals surface area contributed by atoms with Crippen molar-refractivity contribution in [3.8, 4) is 0 Å². The molecule has 0 saturated heterocycles. The zero-order valence-corrected chi connectivity index (χ0v) is 10.6. The van der Waals surface area contributed by atoms with Crippen LogP contribution in [0.25, 0.3) is 6.08 Å². The van der Waals surface area contributed by atoms with Crippen molar-refractivity contribution in [2.24, 2.45) is 0 Å². The van der Waals surface area contributed by atoms with Gasteiger partial charge in [0.2, 0.25) is 0 Å². The number of imidazole rings is 1. The second kappa shape index (κ2) is 5.45. The number of nitrogens with zero attached hydrogens (tertiary/aromatic N) is 2. The number of benzene rings is 1. The van der Waals surface area contributed by atoms with Crippen molar-refractivity contribution in [1.82, 2.24) is 9.55 Å². The summed E-state index contributed by atoms with van der Waals surface area (Å²) in [6.07, 6.45) is 5.92. The Labute approximate surface area is 107 Å². The molecule has 0 spiro atoms. The van der Waals surface area contributed by atoms with E-state index < -0.39 is 0 Å². The van der Waals surface area contributed by atoms with Crippen LogP contribution >= 0.6 is 0 Å². The molecule has 18 heavy (non-hydrogen) atoms. The Morgan fingerprint density at radius 1 is 1.33 bits per heavy atom. The van der Waals surface area contributed by atoms with E-state index in [4.69, 9.17) is 0 Å². The standard InChI is InChI=1S/C15H16N2O/c1-3-14-16-12(2)11-17(14)15(18)10-9-13-7-5-4-6-8-13/h4-11H,3H2,1-2H3/b10-9+. The van der Waals surface area contributed by atoms with Gasteiger partial charge >= 0.3 is 0 Å². The first kappa shape index (κ1) is 12.3. The number of aryl methyl sites for hydroxylation is 2. The zero-order valence-electron chi connectivity index (χ0n) is 10.6. The highest BCUT2D eigenvalue weighted by atomic mass is 16.1. The molecule has 3 nitrogen and oxygen atoms in total. The van der Waals surface area contributed by atoms with Gasteiger partial charge in [-0.2, -0.15) is 0 Å². The fourth-order valence-electron chi connectivity index (χ4n) is 1.80. The summed E-state index contributed by atoms with van der Waals surface area (Å²) < 4.78 is 1.61. The Kier molecular flexibility index (Phi) is 3.72. The van der Waals surface area contributed by atoms with Crippen LogP contribution in [-0.2, 0) is 6.42 Å². The summed E-state index contributed by atoms with van der Waals surface area (Å²) in [5.41, 5.74) is 1.88. The normalized spacial score (nSPS) is 11.0. The molecule has 0 saturated carbocycles. The molecule has 3 heteroatoms. The zero-order chi connectivity index (χ0) is 13.0. The van der Waals surface area contributed by atoms with Gasteiger partial charge in [0, 0.05) is 18.7 Å². The molecule has 2 rings (SSSR count). The van der Waals surface area contributed by atoms with Gasteiger partial charge in [0.15, 0.2) is 0 Å². The number of hydrogen-bond donors (Lipinski definition) is 0. The van der Waals surface area contributed by atoms with Gasteiger partial charge in [0.1, 0.15) is 5.82 Å². The van der Waals surface area contributed by atoms with E-state index in [9.17, 15) is 4.79 Å². The van der Waals surface area contributed by atoms with E-state index in [1.54, 1.807) is 16.8 Å². The molecule has 0 N–H and O–H groups in total. The molecule has 0 aliphatic rings. The van der Waals surface area contributed by atoms with Crippen LogP contribution in [0.2, 0.25) is 0 Å². The molecule has 0 radical (unpaired) electrons. The maximum Gasteiger partial charge on any atom is 0.256 e. The predicted molar refractivity (Wildman–Crippen MR) is 72.4 cm³/mol. The van der Waals surface area contributed by atoms with E-state index in [-0.39, 0.29) is 5.91 Å². The summed E-state index contributed by atoms with van der Waals surface area (Å²) >= 11 is 0. The predicted octanol–water partition coefficient (Wildman–Crippen LogP) is 3.11. The first-order valence-electron chi connectivity index (χ1n) is 6.03. The highest BCUT2D eigenvalue weighted by molar-refractivity contribution is 5.94. The lowest BCUT2D eigenvalue weighted by molar-refractivity contribution is 0.0966. The van der Waals surface area contributed by atoms with Crippen molar-refractivity contribution in [1.29, 1.82) is 0 Å². The molecule has 0 atom stereocenters. The SMILES string of the molecule is CCc1nc(C)cn1C(=O)/C=C/c1ccccc1. The lowest BCUT2D eigenvalue weighted by atomic mass is 10.2. The Morgan fingerprint density at radius 2 is 2.06 bits per heavy atom. The van der Waals surface area contributed by atoms with E-state index in [1.807, 2.05) is 50.3 Å². The van der Waals surface area contributed by atoms with E-state index in [0.717, 1.165) is 23.5 Å². The summed E-state index contributed by atoms with van der Waals surface area (Å²) in [6.45, 7) is 3.89. The second-order valence-corrected chi connectivity index (χ2v) is 4.10. The highest BCUT2D eigenvalue weighted by Gasteiger charge is 2.08. The monoisotopic (exact) mass is 240 g/mol. The summed E-state index contributed by atoms with van der Waals surface area (Å²) in [4.78, 5) is 16.4. The Bertz CT molecular complexity index is 567. The van der Waals surface area contributed by atoms with Crippen molar-refractivity contribution < 1.29 is 4.79 Å². The van der Waals surface area contributed by atoms with Gasteiger partial charge in [-0.05, 0) is 18.6 Å². The van der Waals surface area contributed by atoms with Crippen LogP contribution in [0.1, 0.15) is 28.8 Å². The van der Waals surface area contributed by atoms with Crippen molar-refractivity contribution in [2.75, 3.05) is 0 Å². The van der Waals surface area contributed by atoms with Gasteiger partial charge in [0.05, 0.1) is 5.69 Å². The van der Waals surface area contributed by atoms with Crippen molar-refractivity contribution in [3.63, 3.8) is 0 Å². The molecule has 92 valence electrons. The fraction of sp³-hybridized carbons (Fsp3) is 0.200. The fourth-order valence-corrected chi connectivity index (χ4v) is 1.80. The summed E-state index contributed by atoms with van der Waals surface area (Å²) in [7, 11) is 0. The molecule has 2 aromatic rings. The van der Waals surface area contributed by atoms with Gasteiger partial charge in [-0.25, -0.2) is 4.98 Å². The van der Waals surface area contributed by atoms with Crippen LogP contribution in [0, 0.1) is 6.92 Å². The van der Waals surface area contributed by atoms with Crippen LogP contribution < -0.4 is 0 Å². The number of allylic oxidation sites excluding steroid dienone is 1. The van der Waals surface area contributed by atoms with Crippen LogP contribution in [0.4, 0.5) is 0 Å².